The number of Topliss-reactive ketones (excluding diaryl/α,β-unsaturated/α-hetero) is 1. The van der Waals surface area contributed by atoms with Crippen LogP contribution in [-0.4, -0.2) is 31.3 Å². The summed E-state index contributed by atoms with van der Waals surface area (Å²) in [5, 5.41) is 9.39. The zero-order valence-electron chi connectivity index (χ0n) is 8.96. The Hall–Kier alpha value is -1.92. The van der Waals surface area contributed by atoms with E-state index < -0.39 is 29.0 Å². The minimum absolute atomic E-state index is 0.0816. The second-order valence-corrected chi connectivity index (χ2v) is 3.05. The molecule has 0 saturated carbocycles. The minimum Gasteiger partial charge on any atom is -0.507 e. The number of halogens is 3. The molecule has 1 aromatic carbocycles. The molecular formula is C10H9F3O4. The van der Waals surface area contributed by atoms with Crippen molar-refractivity contribution >= 4 is 5.78 Å². The van der Waals surface area contributed by atoms with E-state index in [9.17, 15) is 23.1 Å². The van der Waals surface area contributed by atoms with Crippen molar-refractivity contribution in [3.05, 3.63) is 17.7 Å². The van der Waals surface area contributed by atoms with Crippen LogP contribution in [0, 0.1) is 0 Å². The van der Waals surface area contributed by atoms with Crippen molar-refractivity contribution in [2.24, 2.45) is 0 Å². The lowest BCUT2D eigenvalue weighted by molar-refractivity contribution is -0.0888. The topological polar surface area (TPSA) is 55.8 Å². The molecule has 0 aliphatic carbocycles. The van der Waals surface area contributed by atoms with E-state index in [0.717, 1.165) is 19.2 Å². The van der Waals surface area contributed by atoms with Gasteiger partial charge in [0, 0.05) is 12.1 Å². The highest BCUT2D eigenvalue weighted by Gasteiger charge is 2.42. The predicted molar refractivity (Wildman–Crippen MR) is 51.6 cm³/mol. The number of benzene rings is 1. The largest absolute Gasteiger partial charge is 0.507 e. The molecule has 0 bridgehead atoms. The number of ether oxygens (including phenoxy) is 2. The van der Waals surface area contributed by atoms with Crippen LogP contribution in [0.4, 0.5) is 13.2 Å². The van der Waals surface area contributed by atoms with Crippen LogP contribution >= 0.6 is 0 Å². The molecule has 17 heavy (non-hydrogen) atoms. The summed E-state index contributed by atoms with van der Waals surface area (Å²) in [6.45, 7) is 0. The summed E-state index contributed by atoms with van der Waals surface area (Å²) in [5.41, 5.74) is -0.930. The van der Waals surface area contributed by atoms with E-state index in [1.165, 1.54) is 7.11 Å². The standard InChI is InChI=1S/C10H9F3O4/c1-16-5-3-6(14)8(7(4-5)17-2)9(15)10(11,12)13/h3-4,14H,1-2H3. The normalized spacial score (nSPS) is 11.1. The predicted octanol–water partition coefficient (Wildman–Crippen LogP) is 2.15. The first-order valence-electron chi connectivity index (χ1n) is 4.37. The Bertz CT molecular complexity index is 440. The molecule has 7 heteroatoms. The number of hydrogen-bond donors (Lipinski definition) is 1. The smallest absolute Gasteiger partial charge is 0.455 e. The Kier molecular flexibility index (Phi) is 3.50. The summed E-state index contributed by atoms with van der Waals surface area (Å²) < 4.78 is 46.1. The number of carbonyl (C=O) groups is 1. The molecular weight excluding hydrogens is 241 g/mol. The number of phenols is 1. The van der Waals surface area contributed by atoms with Crippen LogP contribution in [0.1, 0.15) is 10.4 Å². The van der Waals surface area contributed by atoms with Gasteiger partial charge in [-0.05, 0) is 0 Å². The average molecular weight is 250 g/mol. The fourth-order valence-corrected chi connectivity index (χ4v) is 1.22. The lowest BCUT2D eigenvalue weighted by Gasteiger charge is -2.12. The lowest BCUT2D eigenvalue weighted by Crippen LogP contribution is -2.23. The highest BCUT2D eigenvalue weighted by Crippen LogP contribution is 2.37. The van der Waals surface area contributed by atoms with Gasteiger partial charge in [0.25, 0.3) is 5.78 Å². The van der Waals surface area contributed by atoms with Gasteiger partial charge in [-0.2, -0.15) is 13.2 Å². The summed E-state index contributed by atoms with van der Waals surface area (Å²) in [6, 6.07) is 1.99. The average Bonchev–Trinajstić information content (AvgIpc) is 2.25. The first-order chi connectivity index (χ1) is 7.81. The molecule has 0 fully saturated rings. The molecule has 0 saturated heterocycles. The van der Waals surface area contributed by atoms with Crippen LogP contribution in [0.5, 0.6) is 17.2 Å². The first-order valence-corrected chi connectivity index (χ1v) is 4.37. The number of carbonyl (C=O) groups excluding carboxylic acids is 1. The summed E-state index contributed by atoms with van der Waals surface area (Å²) in [5.74, 6) is -3.33. The van der Waals surface area contributed by atoms with Gasteiger partial charge in [-0.15, -0.1) is 0 Å². The highest BCUT2D eigenvalue weighted by molar-refractivity contribution is 6.05. The Labute approximate surface area is 94.6 Å². The van der Waals surface area contributed by atoms with Crippen molar-refractivity contribution in [1.29, 1.82) is 0 Å². The first kappa shape index (κ1) is 13.1. The summed E-state index contributed by atoms with van der Waals surface area (Å²) >= 11 is 0. The maximum Gasteiger partial charge on any atom is 0.455 e. The fraction of sp³-hybridized carbons (Fsp3) is 0.300. The van der Waals surface area contributed by atoms with Gasteiger partial charge in [0.15, 0.2) is 0 Å². The van der Waals surface area contributed by atoms with Gasteiger partial charge < -0.3 is 14.6 Å². The third kappa shape index (κ3) is 2.61. The van der Waals surface area contributed by atoms with Crippen molar-refractivity contribution in [3.63, 3.8) is 0 Å². The highest BCUT2D eigenvalue weighted by atomic mass is 19.4. The SMILES string of the molecule is COc1cc(O)c(C(=O)C(F)(F)F)c(OC)c1. The lowest BCUT2D eigenvalue weighted by atomic mass is 10.1. The van der Waals surface area contributed by atoms with Gasteiger partial charge in [-0.25, -0.2) is 0 Å². The molecule has 0 aromatic heterocycles. The molecule has 0 aliphatic rings. The second kappa shape index (κ2) is 4.52. The molecule has 0 unspecified atom stereocenters. The molecule has 0 spiro atoms. The molecule has 1 aromatic rings. The summed E-state index contributed by atoms with van der Waals surface area (Å²) in [7, 11) is 2.35. The number of ketones is 1. The number of methoxy groups -OCH3 is 2. The van der Waals surface area contributed by atoms with Crippen LogP contribution in [0.2, 0.25) is 0 Å². The van der Waals surface area contributed by atoms with Crippen molar-refractivity contribution in [1.82, 2.24) is 0 Å². The third-order valence-electron chi connectivity index (χ3n) is 2.00. The Morgan fingerprint density at radius 2 is 1.82 bits per heavy atom. The van der Waals surface area contributed by atoms with Gasteiger partial charge in [0.05, 0.1) is 14.2 Å². The molecule has 0 amide bonds. The van der Waals surface area contributed by atoms with Crippen LogP contribution in [-0.2, 0) is 0 Å². The number of hydrogen-bond acceptors (Lipinski definition) is 4. The van der Waals surface area contributed by atoms with E-state index in [-0.39, 0.29) is 5.75 Å². The Morgan fingerprint density at radius 3 is 2.24 bits per heavy atom. The van der Waals surface area contributed by atoms with Crippen molar-refractivity contribution in [2.75, 3.05) is 14.2 Å². The summed E-state index contributed by atoms with van der Waals surface area (Å²) in [4.78, 5) is 11.1. The Morgan fingerprint density at radius 1 is 1.24 bits per heavy atom. The molecule has 1 N–H and O–H groups in total. The van der Waals surface area contributed by atoms with Crippen molar-refractivity contribution in [3.8, 4) is 17.2 Å². The van der Waals surface area contributed by atoms with Crippen LogP contribution in [0.3, 0.4) is 0 Å². The van der Waals surface area contributed by atoms with E-state index in [1.807, 2.05) is 0 Å². The zero-order valence-corrected chi connectivity index (χ0v) is 8.96. The summed E-state index contributed by atoms with van der Waals surface area (Å²) in [6.07, 6.45) is -5.08. The number of rotatable bonds is 3. The van der Waals surface area contributed by atoms with Crippen LogP contribution in [0.15, 0.2) is 12.1 Å². The van der Waals surface area contributed by atoms with Gasteiger partial charge in [-0.3, -0.25) is 4.79 Å². The maximum atomic E-state index is 12.3. The molecule has 4 nitrogen and oxygen atoms in total. The van der Waals surface area contributed by atoms with Gasteiger partial charge in [0.2, 0.25) is 0 Å². The maximum absolute atomic E-state index is 12.3. The quantitative estimate of drug-likeness (QED) is 0.835. The number of phenolic OH excluding ortho intramolecular Hbond substituents is 1. The van der Waals surface area contributed by atoms with Gasteiger partial charge in [0.1, 0.15) is 22.8 Å². The fourth-order valence-electron chi connectivity index (χ4n) is 1.22. The second-order valence-electron chi connectivity index (χ2n) is 3.05. The molecule has 1 rings (SSSR count). The van der Waals surface area contributed by atoms with Crippen molar-refractivity contribution < 1.29 is 32.5 Å². The van der Waals surface area contributed by atoms with E-state index in [4.69, 9.17) is 4.74 Å². The van der Waals surface area contributed by atoms with Crippen molar-refractivity contribution in [2.45, 2.75) is 6.18 Å². The van der Waals surface area contributed by atoms with E-state index >= 15 is 0 Å². The van der Waals surface area contributed by atoms with E-state index in [0.29, 0.717) is 0 Å². The van der Waals surface area contributed by atoms with Crippen LogP contribution < -0.4 is 9.47 Å². The molecule has 0 heterocycles. The van der Waals surface area contributed by atoms with Gasteiger partial charge in [-0.1, -0.05) is 0 Å². The van der Waals surface area contributed by atoms with E-state index in [2.05, 4.69) is 4.74 Å². The monoisotopic (exact) mass is 250 g/mol. The minimum atomic E-state index is -5.08. The zero-order chi connectivity index (χ0) is 13.2. The molecule has 0 aliphatic heterocycles. The van der Waals surface area contributed by atoms with E-state index in [1.54, 1.807) is 0 Å². The molecule has 0 radical (unpaired) electrons. The molecule has 94 valence electrons. The Balaban J connectivity index is 3.38. The number of aromatic hydroxyl groups is 1. The van der Waals surface area contributed by atoms with Crippen LogP contribution in [0.25, 0.3) is 0 Å². The molecule has 0 atom stereocenters. The van der Waals surface area contributed by atoms with Gasteiger partial charge >= 0.3 is 6.18 Å². The third-order valence-corrected chi connectivity index (χ3v) is 2.00. The number of alkyl halides is 3.